The van der Waals surface area contributed by atoms with Crippen molar-refractivity contribution in [2.45, 2.75) is 33.7 Å². The van der Waals surface area contributed by atoms with Gasteiger partial charge in [0.1, 0.15) is 0 Å². The number of hydrogen-bond acceptors (Lipinski definition) is 6. The average molecular weight is 305 g/mol. The molecule has 0 bridgehead atoms. The number of aryl methyl sites for hydroxylation is 2. The van der Waals surface area contributed by atoms with Crippen molar-refractivity contribution >= 4 is 22.4 Å². The summed E-state index contributed by atoms with van der Waals surface area (Å²) in [7, 11) is 0. The van der Waals surface area contributed by atoms with Gasteiger partial charge in [-0.15, -0.1) is 11.3 Å². The van der Waals surface area contributed by atoms with E-state index in [0.29, 0.717) is 24.0 Å². The lowest BCUT2D eigenvalue weighted by molar-refractivity contribution is 0.0519. The van der Waals surface area contributed by atoms with E-state index in [1.54, 1.807) is 13.1 Å². The molecule has 2 heterocycles. The fraction of sp³-hybridized carbons (Fsp3) is 0.400. The van der Waals surface area contributed by atoms with Crippen molar-refractivity contribution in [3.05, 3.63) is 40.2 Å². The largest absolute Gasteiger partial charge is 0.461 e. The Morgan fingerprint density at radius 2 is 2.24 bits per heavy atom. The van der Waals surface area contributed by atoms with Gasteiger partial charge in [0.25, 0.3) is 0 Å². The van der Waals surface area contributed by atoms with Gasteiger partial charge in [-0.2, -0.15) is 0 Å². The maximum absolute atomic E-state index is 11.7. The van der Waals surface area contributed by atoms with Crippen molar-refractivity contribution in [2.24, 2.45) is 0 Å². The molecule has 21 heavy (non-hydrogen) atoms. The van der Waals surface area contributed by atoms with Gasteiger partial charge in [-0.05, 0) is 31.9 Å². The predicted molar refractivity (Wildman–Crippen MR) is 83.7 cm³/mol. The third-order valence-electron chi connectivity index (χ3n) is 3.04. The minimum absolute atomic E-state index is 0.354. The van der Waals surface area contributed by atoms with Crippen molar-refractivity contribution < 1.29 is 9.53 Å². The maximum atomic E-state index is 11.7. The van der Waals surface area contributed by atoms with Crippen LogP contribution in [0.1, 0.15) is 40.5 Å². The zero-order chi connectivity index (χ0) is 15.2. The third kappa shape index (κ3) is 3.78. The van der Waals surface area contributed by atoms with Crippen LogP contribution in [0.4, 0.5) is 5.13 Å². The van der Waals surface area contributed by atoms with Crippen LogP contribution in [-0.2, 0) is 17.7 Å². The number of esters is 1. The van der Waals surface area contributed by atoms with E-state index >= 15 is 0 Å². The standard InChI is InChI=1S/C15H19N3O2S/c1-4-11-7-6-8-16-12(11)9-17-15-18-13(10(3)21-15)14(19)20-5-2/h6-8H,4-5,9H2,1-3H3,(H,17,18). The van der Waals surface area contributed by atoms with E-state index in [2.05, 4.69) is 28.3 Å². The van der Waals surface area contributed by atoms with Crippen molar-refractivity contribution in [1.29, 1.82) is 0 Å². The summed E-state index contributed by atoms with van der Waals surface area (Å²) in [6.07, 6.45) is 2.73. The highest BCUT2D eigenvalue weighted by Gasteiger charge is 2.16. The molecule has 0 aromatic carbocycles. The van der Waals surface area contributed by atoms with Crippen LogP contribution in [-0.4, -0.2) is 22.5 Å². The highest BCUT2D eigenvalue weighted by molar-refractivity contribution is 7.15. The molecule has 0 spiro atoms. The summed E-state index contributed by atoms with van der Waals surface area (Å²) in [5.74, 6) is -0.369. The number of carbonyl (C=O) groups excluding carboxylic acids is 1. The van der Waals surface area contributed by atoms with Gasteiger partial charge in [-0.25, -0.2) is 9.78 Å². The second kappa shape index (κ2) is 7.17. The number of pyridine rings is 1. The molecule has 0 aliphatic rings. The molecule has 0 aliphatic carbocycles. The molecule has 0 fully saturated rings. The van der Waals surface area contributed by atoms with Crippen molar-refractivity contribution in [3.8, 4) is 0 Å². The monoisotopic (exact) mass is 305 g/mol. The molecule has 0 atom stereocenters. The number of nitrogens with zero attached hydrogens (tertiary/aromatic N) is 2. The fourth-order valence-corrected chi connectivity index (χ4v) is 2.77. The molecule has 5 nitrogen and oxygen atoms in total. The number of nitrogens with one attached hydrogen (secondary N) is 1. The number of anilines is 1. The molecule has 2 aromatic heterocycles. The summed E-state index contributed by atoms with van der Waals surface area (Å²) < 4.78 is 4.99. The Morgan fingerprint density at radius 1 is 1.43 bits per heavy atom. The predicted octanol–water partition coefficient (Wildman–Crippen LogP) is 3.20. The molecule has 0 amide bonds. The van der Waals surface area contributed by atoms with Crippen LogP contribution in [0, 0.1) is 6.92 Å². The zero-order valence-corrected chi connectivity index (χ0v) is 13.3. The summed E-state index contributed by atoms with van der Waals surface area (Å²) in [6.45, 7) is 6.71. The molecule has 0 unspecified atom stereocenters. The highest BCUT2D eigenvalue weighted by Crippen LogP contribution is 2.23. The summed E-state index contributed by atoms with van der Waals surface area (Å²) in [5, 5.41) is 3.94. The van der Waals surface area contributed by atoms with Gasteiger partial charge in [0, 0.05) is 11.1 Å². The second-order valence-electron chi connectivity index (χ2n) is 4.46. The van der Waals surface area contributed by atoms with E-state index in [1.165, 1.54) is 16.9 Å². The van der Waals surface area contributed by atoms with E-state index in [9.17, 15) is 4.79 Å². The van der Waals surface area contributed by atoms with Gasteiger partial charge < -0.3 is 10.1 Å². The molecule has 0 radical (unpaired) electrons. The van der Waals surface area contributed by atoms with Crippen LogP contribution >= 0.6 is 11.3 Å². The first-order valence-electron chi connectivity index (χ1n) is 6.96. The molecule has 0 aliphatic heterocycles. The van der Waals surface area contributed by atoms with Gasteiger partial charge in [-0.1, -0.05) is 13.0 Å². The Kier molecular flexibility index (Phi) is 5.27. The summed E-state index contributed by atoms with van der Waals surface area (Å²) in [4.78, 5) is 21.3. The quantitative estimate of drug-likeness (QED) is 0.830. The molecule has 2 rings (SSSR count). The van der Waals surface area contributed by atoms with E-state index < -0.39 is 0 Å². The van der Waals surface area contributed by atoms with Gasteiger partial charge in [-0.3, -0.25) is 4.98 Å². The number of aromatic nitrogens is 2. The van der Waals surface area contributed by atoms with E-state index in [-0.39, 0.29) is 5.97 Å². The van der Waals surface area contributed by atoms with Gasteiger partial charge >= 0.3 is 5.97 Å². The first kappa shape index (κ1) is 15.4. The zero-order valence-electron chi connectivity index (χ0n) is 12.5. The number of ether oxygens (including phenoxy) is 1. The normalized spacial score (nSPS) is 10.4. The van der Waals surface area contributed by atoms with Crippen LogP contribution in [0.3, 0.4) is 0 Å². The first-order chi connectivity index (χ1) is 10.2. The van der Waals surface area contributed by atoms with Crippen LogP contribution in [0.5, 0.6) is 0 Å². The summed E-state index contributed by atoms with van der Waals surface area (Å²) in [5.41, 5.74) is 2.61. The summed E-state index contributed by atoms with van der Waals surface area (Å²) >= 11 is 1.45. The third-order valence-corrected chi connectivity index (χ3v) is 3.97. The minimum Gasteiger partial charge on any atom is -0.461 e. The van der Waals surface area contributed by atoms with Gasteiger partial charge in [0.2, 0.25) is 0 Å². The second-order valence-corrected chi connectivity index (χ2v) is 5.66. The summed E-state index contributed by atoms with van der Waals surface area (Å²) in [6, 6.07) is 4.01. The minimum atomic E-state index is -0.369. The molecular weight excluding hydrogens is 286 g/mol. The van der Waals surface area contributed by atoms with Crippen LogP contribution in [0.25, 0.3) is 0 Å². The van der Waals surface area contributed by atoms with Crippen LogP contribution in [0.15, 0.2) is 18.3 Å². The Balaban J connectivity index is 2.07. The first-order valence-corrected chi connectivity index (χ1v) is 7.78. The van der Waals surface area contributed by atoms with Crippen LogP contribution < -0.4 is 5.32 Å². The number of rotatable bonds is 6. The topological polar surface area (TPSA) is 64.1 Å². The Bertz CT molecular complexity index is 625. The molecular formula is C15H19N3O2S. The highest BCUT2D eigenvalue weighted by atomic mass is 32.1. The lowest BCUT2D eigenvalue weighted by Crippen LogP contribution is -2.08. The number of hydrogen-bond donors (Lipinski definition) is 1. The molecule has 2 aromatic rings. The Labute approximate surface area is 128 Å². The fourth-order valence-electron chi connectivity index (χ4n) is 1.97. The lowest BCUT2D eigenvalue weighted by Gasteiger charge is -2.06. The Hall–Kier alpha value is -1.95. The maximum Gasteiger partial charge on any atom is 0.358 e. The van der Waals surface area contributed by atoms with E-state index in [1.807, 2.05) is 13.0 Å². The lowest BCUT2D eigenvalue weighted by atomic mass is 10.1. The number of carbonyl (C=O) groups is 1. The van der Waals surface area contributed by atoms with Gasteiger partial charge in [0.15, 0.2) is 10.8 Å². The molecule has 0 saturated heterocycles. The van der Waals surface area contributed by atoms with E-state index in [4.69, 9.17) is 4.74 Å². The van der Waals surface area contributed by atoms with Crippen molar-refractivity contribution in [1.82, 2.24) is 9.97 Å². The average Bonchev–Trinajstić information content (AvgIpc) is 2.87. The van der Waals surface area contributed by atoms with Gasteiger partial charge in [0.05, 0.1) is 18.8 Å². The van der Waals surface area contributed by atoms with Crippen molar-refractivity contribution in [3.63, 3.8) is 0 Å². The Morgan fingerprint density at radius 3 is 2.95 bits per heavy atom. The molecule has 0 saturated carbocycles. The molecule has 6 heteroatoms. The van der Waals surface area contributed by atoms with E-state index in [0.717, 1.165) is 17.0 Å². The molecule has 112 valence electrons. The van der Waals surface area contributed by atoms with Crippen LogP contribution in [0.2, 0.25) is 0 Å². The molecule has 1 N–H and O–H groups in total. The number of thiazole rings is 1. The smallest absolute Gasteiger partial charge is 0.358 e. The van der Waals surface area contributed by atoms with Crippen molar-refractivity contribution in [2.75, 3.05) is 11.9 Å². The SMILES string of the molecule is CCOC(=O)c1nc(NCc2ncccc2CC)sc1C.